The Morgan fingerprint density at radius 3 is 2.72 bits per heavy atom. The minimum Gasteiger partial charge on any atom is -0.369 e. The maximum absolute atomic E-state index is 12.2. The molecule has 0 bridgehead atoms. The zero-order valence-corrected chi connectivity index (χ0v) is 19.0. The van der Waals surface area contributed by atoms with Crippen LogP contribution in [0.1, 0.15) is 37.3 Å². The minimum atomic E-state index is -0.257. The molecule has 0 fully saturated rings. The van der Waals surface area contributed by atoms with Gasteiger partial charge in [0.25, 0.3) is 5.91 Å². The van der Waals surface area contributed by atoms with Crippen LogP contribution in [-0.4, -0.2) is 44.4 Å². The van der Waals surface area contributed by atoms with Gasteiger partial charge in [-0.3, -0.25) is 9.78 Å². The fraction of sp³-hybridized carbons (Fsp3) is 0.217. The summed E-state index contributed by atoms with van der Waals surface area (Å²) < 4.78 is 16.3. The first-order valence-corrected chi connectivity index (χ1v) is 9.86. The molecule has 3 aromatic heterocycles. The van der Waals surface area contributed by atoms with Crippen molar-refractivity contribution in [2.45, 2.75) is 19.8 Å². The number of nitrogens with one attached hydrogen (secondary N) is 2. The largest absolute Gasteiger partial charge is 0.369 e. The molecule has 2 N–H and O–H groups in total. The Morgan fingerprint density at radius 2 is 1.94 bits per heavy atom. The number of nitrogens with zero attached hydrogens (tertiary/aromatic N) is 5. The van der Waals surface area contributed by atoms with Crippen molar-refractivity contribution < 1.29 is 7.54 Å². The lowest BCUT2D eigenvalue weighted by atomic mass is 9.97. The van der Waals surface area contributed by atoms with Crippen molar-refractivity contribution in [3.05, 3.63) is 72.2 Å². The molecule has 4 rings (SSSR count). The Bertz CT molecular complexity index is 1330. The van der Waals surface area contributed by atoms with E-state index < -0.39 is 0 Å². The number of carbonyl (C=O) groups excluding carboxylic acids is 1. The summed E-state index contributed by atoms with van der Waals surface area (Å²) in [7, 11) is 1.57. The Hall–Kier alpha value is -3.59. The minimum absolute atomic E-state index is 0. The Morgan fingerprint density at radius 1 is 1.12 bits per heavy atom. The maximum atomic E-state index is 12.2. The summed E-state index contributed by atoms with van der Waals surface area (Å²) in [4.78, 5) is 33.4. The third-order valence-electron chi connectivity index (χ3n) is 4.95. The van der Waals surface area contributed by atoms with Gasteiger partial charge in [-0.2, -0.15) is 13.5 Å². The van der Waals surface area contributed by atoms with Crippen molar-refractivity contribution in [3.8, 4) is 11.3 Å². The Balaban J connectivity index is 0.00000324. The Labute approximate surface area is 196 Å². The molecular formula is C23H25N7OS. The van der Waals surface area contributed by atoms with E-state index in [2.05, 4.69) is 42.5 Å². The summed E-state index contributed by atoms with van der Waals surface area (Å²) in [6, 6.07) is 9.24. The second-order valence-electron chi connectivity index (χ2n) is 7.14. The first-order valence-electron chi connectivity index (χ1n) is 10.9. The predicted octanol–water partition coefficient (Wildman–Crippen LogP) is 3.48. The SMILES string of the molecule is S.[2H]c1cc(C)nc([2H])c1-c1cc(NC[C@@H](C)c2cccc3c(C(=O)NC)ncnc23)ncn1. The van der Waals surface area contributed by atoms with Gasteiger partial charge in [0.15, 0.2) is 0 Å². The van der Waals surface area contributed by atoms with Gasteiger partial charge in [0.2, 0.25) is 0 Å². The second kappa shape index (κ2) is 10.1. The smallest absolute Gasteiger partial charge is 0.270 e. The van der Waals surface area contributed by atoms with Crippen molar-refractivity contribution >= 4 is 36.1 Å². The molecule has 0 unspecified atom stereocenters. The van der Waals surface area contributed by atoms with Gasteiger partial charge in [-0.25, -0.2) is 19.9 Å². The normalized spacial score (nSPS) is 12.3. The molecule has 32 heavy (non-hydrogen) atoms. The standard InChI is InChI=1S/C23H23N7O.H2S/c1-14(17-5-4-6-18-21(17)29-13-30-22(18)23(31)24-3)10-26-20-9-19(27-12-28-20)16-8-7-15(2)25-11-16;/h4-9,11-14H,10H2,1-3H3,(H,24,31)(H,26,27,28);1H2/t14-;/m1./s1/i8D,11D;. The van der Waals surface area contributed by atoms with Crippen LogP contribution in [0.5, 0.6) is 0 Å². The van der Waals surface area contributed by atoms with E-state index in [1.165, 1.54) is 12.7 Å². The lowest BCUT2D eigenvalue weighted by molar-refractivity contribution is 0.0960. The number of hydrogen-bond donors (Lipinski definition) is 2. The molecular weight excluding hydrogens is 422 g/mol. The molecule has 0 saturated carbocycles. The molecule has 9 heteroatoms. The quantitative estimate of drug-likeness (QED) is 0.464. The topological polar surface area (TPSA) is 106 Å². The van der Waals surface area contributed by atoms with Crippen LogP contribution in [0.3, 0.4) is 0 Å². The van der Waals surface area contributed by atoms with Gasteiger partial charge < -0.3 is 10.6 Å². The molecule has 0 saturated heterocycles. The fourth-order valence-corrected chi connectivity index (χ4v) is 3.28. The van der Waals surface area contributed by atoms with E-state index >= 15 is 0 Å². The first kappa shape index (κ1) is 20.3. The van der Waals surface area contributed by atoms with Crippen molar-refractivity contribution in [2.24, 2.45) is 0 Å². The van der Waals surface area contributed by atoms with E-state index in [-0.39, 0.29) is 37.5 Å². The molecule has 1 atom stereocenters. The molecule has 0 radical (unpaired) electrons. The highest BCUT2D eigenvalue weighted by Crippen LogP contribution is 2.26. The van der Waals surface area contributed by atoms with E-state index in [0.29, 0.717) is 40.4 Å². The number of anilines is 1. The lowest BCUT2D eigenvalue weighted by Gasteiger charge is -2.16. The molecule has 164 valence electrons. The zero-order valence-electron chi connectivity index (χ0n) is 20.0. The van der Waals surface area contributed by atoms with Gasteiger partial charge in [-0.05, 0) is 24.6 Å². The molecule has 0 aliphatic heterocycles. The second-order valence-corrected chi connectivity index (χ2v) is 7.14. The monoisotopic (exact) mass is 449 g/mol. The van der Waals surface area contributed by atoms with Crippen LogP contribution in [-0.2, 0) is 0 Å². The van der Waals surface area contributed by atoms with Crippen LogP contribution in [0, 0.1) is 6.92 Å². The number of para-hydroxylation sites is 1. The summed E-state index contributed by atoms with van der Waals surface area (Å²) in [5.41, 5.74) is 3.50. The van der Waals surface area contributed by atoms with Gasteiger partial charge in [-0.1, -0.05) is 25.1 Å². The number of rotatable bonds is 6. The molecule has 0 aliphatic rings. The molecule has 3 heterocycles. The molecule has 4 aromatic rings. The molecule has 1 aromatic carbocycles. The average Bonchev–Trinajstić information content (AvgIpc) is 2.81. The number of carbonyl (C=O) groups is 1. The number of benzene rings is 1. The van der Waals surface area contributed by atoms with Gasteiger partial charge in [0.05, 0.1) is 14.0 Å². The fourth-order valence-electron chi connectivity index (χ4n) is 3.28. The number of aryl methyl sites for hydroxylation is 1. The van der Waals surface area contributed by atoms with E-state index in [0.717, 1.165) is 11.1 Å². The zero-order chi connectivity index (χ0) is 23.5. The van der Waals surface area contributed by atoms with Crippen LogP contribution in [0.2, 0.25) is 0 Å². The average molecular weight is 450 g/mol. The number of pyridine rings is 1. The molecule has 1 amide bonds. The summed E-state index contributed by atoms with van der Waals surface area (Å²) in [5, 5.41) is 6.61. The maximum Gasteiger partial charge on any atom is 0.270 e. The van der Waals surface area contributed by atoms with Crippen molar-refractivity contribution in [3.63, 3.8) is 0 Å². The summed E-state index contributed by atoms with van der Waals surface area (Å²) in [5.74, 6) is 0.359. The van der Waals surface area contributed by atoms with Crippen molar-refractivity contribution in [2.75, 3.05) is 18.9 Å². The van der Waals surface area contributed by atoms with Crippen LogP contribution < -0.4 is 10.6 Å². The van der Waals surface area contributed by atoms with E-state index in [9.17, 15) is 4.79 Å². The summed E-state index contributed by atoms with van der Waals surface area (Å²) in [6.07, 6.45) is 2.82. The van der Waals surface area contributed by atoms with Crippen LogP contribution >= 0.6 is 13.5 Å². The van der Waals surface area contributed by atoms with Gasteiger partial charge in [0, 0.05) is 48.4 Å². The molecule has 8 nitrogen and oxygen atoms in total. The molecule has 0 aliphatic carbocycles. The highest BCUT2D eigenvalue weighted by atomic mass is 32.1. The van der Waals surface area contributed by atoms with Gasteiger partial charge >= 0.3 is 0 Å². The number of aromatic nitrogens is 5. The third-order valence-corrected chi connectivity index (χ3v) is 4.95. The number of hydrogen-bond acceptors (Lipinski definition) is 7. The van der Waals surface area contributed by atoms with Crippen molar-refractivity contribution in [1.29, 1.82) is 0 Å². The first-order chi connectivity index (χ1) is 15.9. The Kier molecular flexibility index (Phi) is 6.44. The van der Waals surface area contributed by atoms with Gasteiger partial charge in [0.1, 0.15) is 24.2 Å². The summed E-state index contributed by atoms with van der Waals surface area (Å²) in [6.45, 7) is 4.35. The van der Waals surface area contributed by atoms with E-state index in [1.54, 1.807) is 26.1 Å². The van der Waals surface area contributed by atoms with Crippen LogP contribution in [0.4, 0.5) is 5.82 Å². The summed E-state index contributed by atoms with van der Waals surface area (Å²) >= 11 is 0. The van der Waals surface area contributed by atoms with E-state index in [1.807, 2.05) is 18.2 Å². The number of amides is 1. The number of fused-ring (bicyclic) bond motifs is 1. The lowest BCUT2D eigenvalue weighted by Crippen LogP contribution is -2.20. The highest BCUT2D eigenvalue weighted by molar-refractivity contribution is 7.59. The highest BCUT2D eigenvalue weighted by Gasteiger charge is 2.16. The molecule has 0 spiro atoms. The van der Waals surface area contributed by atoms with Crippen molar-refractivity contribution in [1.82, 2.24) is 30.2 Å². The van der Waals surface area contributed by atoms with Gasteiger partial charge in [-0.15, -0.1) is 0 Å². The third kappa shape index (κ3) is 4.83. The van der Waals surface area contributed by atoms with Crippen LogP contribution in [0.15, 0.2) is 55.2 Å². The predicted molar refractivity (Wildman–Crippen MR) is 130 cm³/mol. The van der Waals surface area contributed by atoms with E-state index in [4.69, 9.17) is 2.74 Å². The van der Waals surface area contributed by atoms with Crippen LogP contribution in [0.25, 0.3) is 22.2 Å².